The zero-order chi connectivity index (χ0) is 23.1. The molecule has 0 saturated carbocycles. The first-order chi connectivity index (χ1) is 15.3. The van der Waals surface area contributed by atoms with E-state index in [9.17, 15) is 13.2 Å². The first kappa shape index (κ1) is 23.4. The minimum absolute atomic E-state index is 0.0271. The molecule has 0 heterocycles. The Kier molecular flexibility index (Phi) is 7.61. The molecule has 0 aliphatic rings. The van der Waals surface area contributed by atoms with E-state index < -0.39 is 10.0 Å². The molecule has 9 heteroatoms. The first-order valence-electron chi connectivity index (χ1n) is 9.70. The molecule has 0 unspecified atom stereocenters. The van der Waals surface area contributed by atoms with E-state index in [1.54, 1.807) is 38.5 Å². The maximum atomic E-state index is 12.6. The van der Waals surface area contributed by atoms with Gasteiger partial charge in [-0.05, 0) is 60.5 Å². The molecule has 0 bridgehead atoms. The summed E-state index contributed by atoms with van der Waals surface area (Å²) in [4.78, 5) is 12.4. The fourth-order valence-corrected chi connectivity index (χ4v) is 4.31. The maximum absolute atomic E-state index is 12.6. The number of halogens is 1. The van der Waals surface area contributed by atoms with Crippen molar-refractivity contribution in [2.45, 2.75) is 11.3 Å². The third-order valence-corrected chi connectivity index (χ3v) is 6.40. The zero-order valence-electron chi connectivity index (χ0n) is 17.6. The van der Waals surface area contributed by atoms with Gasteiger partial charge in [0.15, 0.2) is 11.5 Å². The van der Waals surface area contributed by atoms with Crippen molar-refractivity contribution in [2.24, 2.45) is 0 Å². The number of amides is 1. The number of carbonyl (C=O) groups excluding carboxylic acids is 1. The Morgan fingerprint density at radius 3 is 2.28 bits per heavy atom. The van der Waals surface area contributed by atoms with Crippen LogP contribution in [0.1, 0.15) is 15.9 Å². The lowest BCUT2D eigenvalue weighted by Gasteiger charge is -2.11. The number of para-hydroxylation sites is 1. The van der Waals surface area contributed by atoms with E-state index >= 15 is 0 Å². The van der Waals surface area contributed by atoms with Crippen LogP contribution in [0.25, 0.3) is 0 Å². The minimum atomic E-state index is -3.83. The summed E-state index contributed by atoms with van der Waals surface area (Å²) in [6.45, 7) is 0.405. The van der Waals surface area contributed by atoms with E-state index in [4.69, 9.17) is 21.1 Å². The molecule has 0 aliphatic carbocycles. The van der Waals surface area contributed by atoms with Crippen LogP contribution in [0, 0.1) is 0 Å². The van der Waals surface area contributed by atoms with Gasteiger partial charge in [0.05, 0.1) is 29.8 Å². The highest BCUT2D eigenvalue weighted by molar-refractivity contribution is 7.92. The van der Waals surface area contributed by atoms with E-state index in [1.165, 1.54) is 24.3 Å². The number of anilines is 1. The second-order valence-electron chi connectivity index (χ2n) is 6.80. The molecule has 0 spiro atoms. The van der Waals surface area contributed by atoms with Crippen LogP contribution in [-0.4, -0.2) is 35.1 Å². The Morgan fingerprint density at radius 2 is 1.62 bits per heavy atom. The molecule has 0 atom stereocenters. The van der Waals surface area contributed by atoms with Gasteiger partial charge in [-0.25, -0.2) is 8.42 Å². The summed E-state index contributed by atoms with van der Waals surface area (Å²) in [7, 11) is -0.695. The fraction of sp³-hybridized carbons (Fsp3) is 0.174. The third-order valence-electron chi connectivity index (χ3n) is 4.69. The van der Waals surface area contributed by atoms with Crippen molar-refractivity contribution < 1.29 is 22.7 Å². The average molecular weight is 475 g/mol. The first-order valence-corrected chi connectivity index (χ1v) is 11.6. The van der Waals surface area contributed by atoms with Crippen molar-refractivity contribution in [3.8, 4) is 11.5 Å². The number of carbonyl (C=O) groups is 1. The molecule has 168 valence electrons. The van der Waals surface area contributed by atoms with E-state index in [0.717, 1.165) is 5.56 Å². The molecule has 1 amide bonds. The second kappa shape index (κ2) is 10.4. The monoisotopic (exact) mass is 474 g/mol. The Morgan fingerprint density at radius 1 is 0.938 bits per heavy atom. The van der Waals surface area contributed by atoms with Crippen molar-refractivity contribution in [1.29, 1.82) is 0 Å². The normalized spacial score (nSPS) is 11.0. The average Bonchev–Trinajstić information content (AvgIpc) is 2.80. The molecule has 7 nitrogen and oxygen atoms in total. The van der Waals surface area contributed by atoms with Gasteiger partial charge in [0.1, 0.15) is 0 Å². The predicted molar refractivity (Wildman–Crippen MR) is 124 cm³/mol. The standard InChI is InChI=1S/C23H23ClN2O5S/c1-30-21-12-7-16(15-22(21)31-2)13-14-25-23(27)17-8-10-18(11-9-17)32(28,29)26-20-6-4-3-5-19(20)24/h3-12,15,26H,13-14H2,1-2H3,(H,25,27). The Balaban J connectivity index is 1.60. The molecular formula is C23H23ClN2O5S. The van der Waals surface area contributed by atoms with Gasteiger partial charge < -0.3 is 14.8 Å². The molecule has 2 N–H and O–H groups in total. The molecular weight excluding hydrogens is 452 g/mol. The summed E-state index contributed by atoms with van der Waals surface area (Å²) in [5, 5.41) is 3.12. The van der Waals surface area contributed by atoms with Crippen LogP contribution >= 0.6 is 11.6 Å². The van der Waals surface area contributed by atoms with Crippen molar-refractivity contribution in [1.82, 2.24) is 5.32 Å². The molecule has 3 rings (SSSR count). The van der Waals surface area contributed by atoms with E-state index in [2.05, 4.69) is 10.0 Å². The van der Waals surface area contributed by atoms with Gasteiger partial charge in [0, 0.05) is 12.1 Å². The van der Waals surface area contributed by atoms with Crippen LogP contribution < -0.4 is 19.5 Å². The number of methoxy groups -OCH3 is 2. The molecule has 0 aliphatic heterocycles. The van der Waals surface area contributed by atoms with Gasteiger partial charge in [-0.3, -0.25) is 9.52 Å². The second-order valence-corrected chi connectivity index (χ2v) is 8.89. The van der Waals surface area contributed by atoms with Crippen LogP contribution in [0.4, 0.5) is 5.69 Å². The summed E-state index contributed by atoms with van der Waals surface area (Å²) < 4.78 is 38.1. The number of rotatable bonds is 9. The lowest BCUT2D eigenvalue weighted by molar-refractivity contribution is 0.0954. The van der Waals surface area contributed by atoms with Gasteiger partial charge in [-0.2, -0.15) is 0 Å². The summed E-state index contributed by atoms with van der Waals surface area (Å²) in [6.07, 6.45) is 0.598. The number of nitrogens with one attached hydrogen (secondary N) is 2. The Hall–Kier alpha value is -3.23. The number of hydrogen-bond donors (Lipinski definition) is 2. The van der Waals surface area contributed by atoms with E-state index in [1.807, 2.05) is 18.2 Å². The van der Waals surface area contributed by atoms with Gasteiger partial charge >= 0.3 is 0 Å². The fourth-order valence-electron chi connectivity index (χ4n) is 2.99. The van der Waals surface area contributed by atoms with Gasteiger partial charge in [-0.1, -0.05) is 29.8 Å². The predicted octanol–water partition coefficient (Wildman–Crippen LogP) is 4.13. The van der Waals surface area contributed by atoms with Crippen molar-refractivity contribution >= 4 is 33.2 Å². The van der Waals surface area contributed by atoms with Gasteiger partial charge in [0.25, 0.3) is 15.9 Å². The van der Waals surface area contributed by atoms with Gasteiger partial charge in [0.2, 0.25) is 0 Å². The smallest absolute Gasteiger partial charge is 0.261 e. The van der Waals surface area contributed by atoms with Crippen molar-refractivity contribution in [3.63, 3.8) is 0 Å². The zero-order valence-corrected chi connectivity index (χ0v) is 19.2. The maximum Gasteiger partial charge on any atom is 0.261 e. The minimum Gasteiger partial charge on any atom is -0.493 e. The lowest BCUT2D eigenvalue weighted by Crippen LogP contribution is -2.25. The molecule has 3 aromatic rings. The highest BCUT2D eigenvalue weighted by atomic mass is 35.5. The topological polar surface area (TPSA) is 93.7 Å². The van der Waals surface area contributed by atoms with Crippen LogP contribution in [0.2, 0.25) is 5.02 Å². The Labute approximate surface area is 192 Å². The van der Waals surface area contributed by atoms with Crippen LogP contribution in [-0.2, 0) is 16.4 Å². The van der Waals surface area contributed by atoms with Crippen molar-refractivity contribution in [2.75, 3.05) is 25.5 Å². The van der Waals surface area contributed by atoms with Crippen LogP contribution in [0.3, 0.4) is 0 Å². The number of sulfonamides is 1. The molecule has 0 saturated heterocycles. The lowest BCUT2D eigenvalue weighted by atomic mass is 10.1. The highest BCUT2D eigenvalue weighted by Gasteiger charge is 2.16. The van der Waals surface area contributed by atoms with Crippen molar-refractivity contribution in [3.05, 3.63) is 82.9 Å². The highest BCUT2D eigenvalue weighted by Crippen LogP contribution is 2.27. The molecule has 0 fully saturated rings. The molecule has 0 aromatic heterocycles. The van der Waals surface area contributed by atoms with E-state index in [-0.39, 0.29) is 16.5 Å². The van der Waals surface area contributed by atoms with Crippen LogP contribution in [0.15, 0.2) is 71.6 Å². The SMILES string of the molecule is COc1ccc(CCNC(=O)c2ccc(S(=O)(=O)Nc3ccccc3Cl)cc2)cc1OC. The quantitative estimate of drug-likeness (QED) is 0.486. The number of ether oxygens (including phenoxy) is 2. The summed E-state index contributed by atoms with van der Waals surface area (Å²) in [5.74, 6) is 0.964. The summed E-state index contributed by atoms with van der Waals surface area (Å²) in [5.41, 5.74) is 1.62. The van der Waals surface area contributed by atoms with E-state index in [0.29, 0.717) is 35.1 Å². The molecule has 0 radical (unpaired) electrons. The van der Waals surface area contributed by atoms with Gasteiger partial charge in [-0.15, -0.1) is 0 Å². The van der Waals surface area contributed by atoms with Crippen LogP contribution in [0.5, 0.6) is 11.5 Å². The summed E-state index contributed by atoms with van der Waals surface area (Å²) >= 11 is 6.02. The number of hydrogen-bond acceptors (Lipinski definition) is 5. The molecule has 3 aromatic carbocycles. The third kappa shape index (κ3) is 5.72. The summed E-state index contributed by atoms with van der Waals surface area (Å²) in [6, 6.07) is 17.8. The Bertz CT molecular complexity index is 1200. The largest absolute Gasteiger partial charge is 0.493 e. The molecule has 32 heavy (non-hydrogen) atoms. The number of benzene rings is 3.